The molecule has 2 aromatic rings. The Labute approximate surface area is 148 Å². The Balaban J connectivity index is 2.05. The molecule has 0 aliphatic rings. The normalized spacial score (nSPS) is 12.2. The second kappa shape index (κ2) is 7.90. The smallest absolute Gasteiger partial charge is 0.416 e. The van der Waals surface area contributed by atoms with Crippen LogP contribution in [0.2, 0.25) is 0 Å². The van der Waals surface area contributed by atoms with E-state index in [4.69, 9.17) is 4.74 Å². The van der Waals surface area contributed by atoms with Gasteiger partial charge < -0.3 is 15.4 Å². The molecule has 0 fully saturated rings. The number of amides is 1. The highest BCUT2D eigenvalue weighted by Crippen LogP contribution is 2.30. The molecule has 0 aliphatic carbocycles. The molecule has 2 rings (SSSR count). The number of alkyl halides is 3. The third-order valence-electron chi connectivity index (χ3n) is 3.53. The number of hydrogen-bond acceptors (Lipinski definition) is 4. The minimum Gasteiger partial charge on any atom is -0.449 e. The van der Waals surface area contributed by atoms with E-state index in [2.05, 4.69) is 10.6 Å². The number of esters is 1. The number of halogens is 3. The van der Waals surface area contributed by atoms with E-state index in [1.165, 1.54) is 25.1 Å². The van der Waals surface area contributed by atoms with Crippen molar-refractivity contribution in [1.29, 1.82) is 0 Å². The number of benzene rings is 2. The molecule has 0 aromatic heterocycles. The van der Waals surface area contributed by atoms with Crippen LogP contribution in [-0.4, -0.2) is 25.0 Å². The summed E-state index contributed by atoms with van der Waals surface area (Å²) in [7, 11) is 1.63. The van der Waals surface area contributed by atoms with E-state index in [1.807, 2.05) is 0 Å². The van der Waals surface area contributed by atoms with E-state index in [-0.39, 0.29) is 11.3 Å². The van der Waals surface area contributed by atoms with Gasteiger partial charge in [0.15, 0.2) is 6.10 Å². The molecule has 0 radical (unpaired) electrons. The van der Waals surface area contributed by atoms with E-state index in [9.17, 15) is 22.8 Å². The summed E-state index contributed by atoms with van der Waals surface area (Å²) in [6, 6.07) is 10.8. The summed E-state index contributed by atoms with van der Waals surface area (Å²) in [6.07, 6.45) is -5.71. The lowest BCUT2D eigenvalue weighted by Crippen LogP contribution is -2.30. The second-order valence-corrected chi connectivity index (χ2v) is 5.41. The topological polar surface area (TPSA) is 67.4 Å². The van der Waals surface area contributed by atoms with Crippen molar-refractivity contribution in [3.8, 4) is 0 Å². The first kappa shape index (κ1) is 19.3. The largest absolute Gasteiger partial charge is 0.449 e. The van der Waals surface area contributed by atoms with E-state index in [0.29, 0.717) is 5.69 Å². The van der Waals surface area contributed by atoms with Crippen LogP contribution in [0.15, 0.2) is 48.5 Å². The van der Waals surface area contributed by atoms with Gasteiger partial charge in [0.25, 0.3) is 5.91 Å². The maximum atomic E-state index is 12.7. The first-order valence-corrected chi connectivity index (χ1v) is 7.68. The second-order valence-electron chi connectivity index (χ2n) is 5.41. The fraction of sp³-hybridized carbons (Fsp3) is 0.222. The molecular formula is C18H17F3N2O3. The van der Waals surface area contributed by atoms with Gasteiger partial charge in [-0.1, -0.05) is 18.2 Å². The van der Waals surface area contributed by atoms with Gasteiger partial charge in [-0.05, 0) is 37.3 Å². The van der Waals surface area contributed by atoms with Gasteiger partial charge in [0, 0.05) is 18.4 Å². The van der Waals surface area contributed by atoms with Gasteiger partial charge in [0.2, 0.25) is 0 Å². The highest BCUT2D eigenvalue weighted by Gasteiger charge is 2.30. The van der Waals surface area contributed by atoms with E-state index < -0.39 is 29.7 Å². The number of nitrogens with one attached hydrogen (secondary N) is 2. The summed E-state index contributed by atoms with van der Waals surface area (Å²) in [5.74, 6) is -1.46. The molecule has 5 nitrogen and oxygen atoms in total. The summed E-state index contributed by atoms with van der Waals surface area (Å²) >= 11 is 0. The molecule has 1 amide bonds. The molecule has 0 bridgehead atoms. The lowest BCUT2D eigenvalue weighted by atomic mass is 10.2. The minimum atomic E-state index is -4.52. The van der Waals surface area contributed by atoms with Gasteiger partial charge in [-0.25, -0.2) is 4.79 Å². The molecule has 0 saturated heterocycles. The van der Waals surface area contributed by atoms with Crippen molar-refractivity contribution in [2.75, 3.05) is 17.7 Å². The van der Waals surface area contributed by atoms with Gasteiger partial charge in [-0.3, -0.25) is 4.79 Å². The molecule has 2 N–H and O–H groups in total. The highest BCUT2D eigenvalue weighted by atomic mass is 19.4. The number of rotatable bonds is 5. The van der Waals surface area contributed by atoms with Crippen LogP contribution in [-0.2, 0) is 15.7 Å². The van der Waals surface area contributed by atoms with Gasteiger partial charge in [-0.15, -0.1) is 0 Å². The average Bonchev–Trinajstić information content (AvgIpc) is 2.61. The molecule has 0 spiro atoms. The third-order valence-corrected chi connectivity index (χ3v) is 3.53. The molecular weight excluding hydrogens is 349 g/mol. The van der Waals surface area contributed by atoms with E-state index >= 15 is 0 Å². The lowest BCUT2D eigenvalue weighted by Gasteiger charge is -2.15. The van der Waals surface area contributed by atoms with Gasteiger partial charge in [0.05, 0.1) is 11.1 Å². The standard InChI is InChI=1S/C18H17F3N2O3/c1-11(26-17(25)14-8-3-4-9-15(14)22-2)16(24)23-13-7-5-6-12(10-13)18(19,20)21/h3-11,22H,1-2H3,(H,23,24). The number of para-hydroxylation sites is 1. The van der Waals surface area contributed by atoms with Gasteiger partial charge in [-0.2, -0.15) is 13.2 Å². The first-order valence-electron chi connectivity index (χ1n) is 7.68. The minimum absolute atomic E-state index is 0.0386. The Morgan fingerprint density at radius 1 is 1.08 bits per heavy atom. The molecule has 2 aromatic carbocycles. The lowest BCUT2D eigenvalue weighted by molar-refractivity contribution is -0.137. The van der Waals surface area contributed by atoms with Crippen molar-refractivity contribution >= 4 is 23.3 Å². The summed E-state index contributed by atoms with van der Waals surface area (Å²) in [4.78, 5) is 24.3. The Morgan fingerprint density at radius 3 is 2.42 bits per heavy atom. The van der Waals surface area contributed by atoms with Crippen LogP contribution in [0.4, 0.5) is 24.5 Å². The summed E-state index contributed by atoms with van der Waals surface area (Å²) in [6.45, 7) is 1.34. The van der Waals surface area contributed by atoms with E-state index in [1.54, 1.807) is 25.2 Å². The zero-order valence-corrected chi connectivity index (χ0v) is 14.1. The Bertz CT molecular complexity index is 806. The van der Waals surface area contributed by atoms with Crippen molar-refractivity contribution in [1.82, 2.24) is 0 Å². The monoisotopic (exact) mass is 366 g/mol. The first-order chi connectivity index (χ1) is 12.2. The van der Waals surface area contributed by atoms with Crippen molar-refractivity contribution < 1.29 is 27.5 Å². The number of anilines is 2. The maximum Gasteiger partial charge on any atom is 0.416 e. The van der Waals surface area contributed by atoms with Crippen LogP contribution in [0.25, 0.3) is 0 Å². The zero-order valence-electron chi connectivity index (χ0n) is 14.1. The van der Waals surface area contributed by atoms with E-state index in [0.717, 1.165) is 12.1 Å². The van der Waals surface area contributed by atoms with Crippen LogP contribution < -0.4 is 10.6 Å². The number of carbonyl (C=O) groups is 2. The number of carbonyl (C=O) groups excluding carboxylic acids is 2. The molecule has 0 aliphatic heterocycles. The molecule has 26 heavy (non-hydrogen) atoms. The predicted molar refractivity (Wildman–Crippen MR) is 90.9 cm³/mol. The summed E-state index contributed by atoms with van der Waals surface area (Å²) in [5.41, 5.74) is -0.150. The number of hydrogen-bond donors (Lipinski definition) is 2. The van der Waals surface area contributed by atoms with Crippen molar-refractivity contribution in [3.05, 3.63) is 59.7 Å². The van der Waals surface area contributed by atoms with Crippen LogP contribution >= 0.6 is 0 Å². The molecule has 1 unspecified atom stereocenters. The Kier molecular flexibility index (Phi) is 5.86. The molecule has 0 saturated carbocycles. The summed E-state index contributed by atoms with van der Waals surface area (Å²) in [5, 5.41) is 5.14. The highest BCUT2D eigenvalue weighted by molar-refractivity contribution is 5.99. The maximum absolute atomic E-state index is 12.7. The van der Waals surface area contributed by atoms with Crippen molar-refractivity contribution in [3.63, 3.8) is 0 Å². The van der Waals surface area contributed by atoms with Gasteiger partial charge in [0.1, 0.15) is 0 Å². The molecule has 8 heteroatoms. The van der Waals surface area contributed by atoms with Crippen LogP contribution in [0.5, 0.6) is 0 Å². The Hall–Kier alpha value is -3.03. The quantitative estimate of drug-likeness (QED) is 0.787. The summed E-state index contributed by atoms with van der Waals surface area (Å²) < 4.78 is 43.2. The van der Waals surface area contributed by atoms with Crippen LogP contribution in [0.1, 0.15) is 22.8 Å². The van der Waals surface area contributed by atoms with Crippen molar-refractivity contribution in [2.24, 2.45) is 0 Å². The third kappa shape index (κ3) is 4.75. The molecule has 0 heterocycles. The van der Waals surface area contributed by atoms with Crippen molar-refractivity contribution in [2.45, 2.75) is 19.2 Å². The zero-order chi connectivity index (χ0) is 19.3. The fourth-order valence-electron chi connectivity index (χ4n) is 2.17. The van der Waals surface area contributed by atoms with Crippen LogP contribution in [0, 0.1) is 0 Å². The average molecular weight is 366 g/mol. The molecule has 138 valence electrons. The SMILES string of the molecule is CNc1ccccc1C(=O)OC(C)C(=O)Nc1cccc(C(F)(F)F)c1. The number of ether oxygens (including phenoxy) is 1. The van der Waals surface area contributed by atoms with Gasteiger partial charge >= 0.3 is 12.1 Å². The fourth-order valence-corrected chi connectivity index (χ4v) is 2.17. The predicted octanol–water partition coefficient (Wildman–Crippen LogP) is 3.93. The van der Waals surface area contributed by atoms with Crippen LogP contribution in [0.3, 0.4) is 0 Å². The molecule has 1 atom stereocenters. The Morgan fingerprint density at radius 2 is 1.77 bits per heavy atom.